The van der Waals surface area contributed by atoms with Crippen molar-refractivity contribution in [2.24, 2.45) is 0 Å². The average molecular weight is 330 g/mol. The second kappa shape index (κ2) is 7.99. The first kappa shape index (κ1) is 17.2. The number of piperazine rings is 1. The molecule has 1 saturated carbocycles. The molecule has 1 saturated heterocycles. The number of nitrogens with one attached hydrogen (secondary N) is 1. The van der Waals surface area contributed by atoms with Crippen molar-refractivity contribution in [1.29, 1.82) is 0 Å². The number of anilines is 1. The zero-order valence-corrected chi connectivity index (χ0v) is 14.9. The minimum absolute atomic E-state index is 0.152. The van der Waals surface area contributed by atoms with E-state index in [1.54, 1.807) is 0 Å². The number of rotatable bonds is 7. The van der Waals surface area contributed by atoms with E-state index in [0.29, 0.717) is 18.6 Å². The van der Waals surface area contributed by atoms with Crippen molar-refractivity contribution in [1.82, 2.24) is 15.1 Å². The van der Waals surface area contributed by atoms with Crippen LogP contribution in [-0.2, 0) is 4.79 Å². The lowest BCUT2D eigenvalue weighted by Crippen LogP contribution is -2.52. The smallest absolute Gasteiger partial charge is 0.234 e. The highest BCUT2D eigenvalue weighted by Gasteiger charge is 2.27. The third-order valence-corrected chi connectivity index (χ3v) is 5.22. The van der Waals surface area contributed by atoms with Crippen LogP contribution in [-0.4, -0.2) is 74.1 Å². The molecule has 1 N–H and O–H groups in total. The number of hydrogen-bond acceptors (Lipinski definition) is 4. The summed E-state index contributed by atoms with van der Waals surface area (Å²) in [5.74, 6) is 0.152. The molecule has 2 fully saturated rings. The van der Waals surface area contributed by atoms with Crippen LogP contribution in [0.1, 0.15) is 19.8 Å². The Bertz CT molecular complexity index is 523. The second-order valence-corrected chi connectivity index (χ2v) is 7.16. The van der Waals surface area contributed by atoms with E-state index >= 15 is 0 Å². The first-order valence-corrected chi connectivity index (χ1v) is 9.14. The maximum absolute atomic E-state index is 12.0. The van der Waals surface area contributed by atoms with Gasteiger partial charge in [0.25, 0.3) is 0 Å². The van der Waals surface area contributed by atoms with Crippen molar-refractivity contribution in [2.75, 3.05) is 51.2 Å². The summed E-state index contributed by atoms with van der Waals surface area (Å²) in [7, 11) is 2.05. The maximum atomic E-state index is 12.0. The zero-order chi connectivity index (χ0) is 16.9. The molecule has 1 atom stereocenters. The van der Waals surface area contributed by atoms with Crippen molar-refractivity contribution >= 4 is 11.6 Å². The first-order valence-electron chi connectivity index (χ1n) is 9.14. The molecule has 5 heteroatoms. The number of carbonyl (C=O) groups excluding carboxylic acids is 1. The maximum Gasteiger partial charge on any atom is 0.234 e. The van der Waals surface area contributed by atoms with Gasteiger partial charge in [-0.1, -0.05) is 18.2 Å². The molecule has 1 aromatic rings. The topological polar surface area (TPSA) is 38.8 Å². The summed E-state index contributed by atoms with van der Waals surface area (Å²) in [6.07, 6.45) is 2.48. The number of para-hydroxylation sites is 1. The Hall–Kier alpha value is -1.59. The Balaban J connectivity index is 1.37. The molecular weight excluding hydrogens is 300 g/mol. The van der Waals surface area contributed by atoms with E-state index in [2.05, 4.69) is 57.3 Å². The van der Waals surface area contributed by atoms with Gasteiger partial charge in [-0.3, -0.25) is 14.6 Å². The van der Waals surface area contributed by atoms with Gasteiger partial charge in [-0.05, 0) is 38.9 Å². The molecule has 1 unspecified atom stereocenters. The van der Waals surface area contributed by atoms with Crippen LogP contribution in [0.4, 0.5) is 5.69 Å². The SMILES string of the molecule is CC(CNC(=O)CN(C)C1CC1)N1CCN(c2ccccc2)CC1. The highest BCUT2D eigenvalue weighted by Crippen LogP contribution is 2.24. The van der Waals surface area contributed by atoms with Crippen molar-refractivity contribution in [3.8, 4) is 0 Å². The van der Waals surface area contributed by atoms with Crippen LogP contribution in [0.15, 0.2) is 30.3 Å². The number of amides is 1. The van der Waals surface area contributed by atoms with Crippen LogP contribution in [0.5, 0.6) is 0 Å². The summed E-state index contributed by atoms with van der Waals surface area (Å²) >= 11 is 0. The Morgan fingerprint density at radius 2 is 1.88 bits per heavy atom. The molecule has 1 heterocycles. The molecule has 1 aliphatic carbocycles. The van der Waals surface area contributed by atoms with E-state index < -0.39 is 0 Å². The molecule has 0 spiro atoms. The van der Waals surface area contributed by atoms with Gasteiger partial charge in [-0.15, -0.1) is 0 Å². The molecule has 0 radical (unpaired) electrons. The fraction of sp³-hybridized carbons (Fsp3) is 0.632. The van der Waals surface area contributed by atoms with Crippen LogP contribution in [0.3, 0.4) is 0 Å². The van der Waals surface area contributed by atoms with Crippen LogP contribution in [0.25, 0.3) is 0 Å². The lowest BCUT2D eigenvalue weighted by Gasteiger charge is -2.39. The Labute approximate surface area is 145 Å². The predicted octanol–water partition coefficient (Wildman–Crippen LogP) is 1.41. The second-order valence-electron chi connectivity index (χ2n) is 7.16. The van der Waals surface area contributed by atoms with Gasteiger partial charge < -0.3 is 10.2 Å². The Morgan fingerprint density at radius 1 is 1.21 bits per heavy atom. The number of likely N-dealkylation sites (N-methyl/N-ethyl adjacent to an activating group) is 1. The van der Waals surface area contributed by atoms with Gasteiger partial charge in [0.2, 0.25) is 5.91 Å². The summed E-state index contributed by atoms with van der Waals surface area (Å²) in [6.45, 7) is 7.67. The number of benzene rings is 1. The van der Waals surface area contributed by atoms with E-state index in [1.165, 1.54) is 18.5 Å². The summed E-state index contributed by atoms with van der Waals surface area (Å²) < 4.78 is 0. The van der Waals surface area contributed by atoms with Crippen LogP contribution in [0, 0.1) is 0 Å². The summed E-state index contributed by atoms with van der Waals surface area (Å²) in [5, 5.41) is 3.10. The lowest BCUT2D eigenvalue weighted by molar-refractivity contribution is -0.122. The quantitative estimate of drug-likeness (QED) is 0.820. The van der Waals surface area contributed by atoms with E-state index in [4.69, 9.17) is 0 Å². The van der Waals surface area contributed by atoms with Crippen molar-refractivity contribution in [3.63, 3.8) is 0 Å². The Morgan fingerprint density at radius 3 is 2.50 bits per heavy atom. The van der Waals surface area contributed by atoms with Gasteiger partial charge in [-0.2, -0.15) is 0 Å². The van der Waals surface area contributed by atoms with Crippen LogP contribution < -0.4 is 10.2 Å². The third-order valence-electron chi connectivity index (χ3n) is 5.22. The first-order chi connectivity index (χ1) is 11.6. The van der Waals surface area contributed by atoms with Crippen molar-refractivity contribution in [3.05, 3.63) is 30.3 Å². The van der Waals surface area contributed by atoms with Gasteiger partial charge in [0.05, 0.1) is 6.54 Å². The van der Waals surface area contributed by atoms with Crippen molar-refractivity contribution in [2.45, 2.75) is 31.8 Å². The predicted molar refractivity (Wildman–Crippen MR) is 98.4 cm³/mol. The third kappa shape index (κ3) is 4.71. The molecule has 1 aromatic carbocycles. The summed E-state index contributed by atoms with van der Waals surface area (Å²) in [6, 6.07) is 11.6. The molecule has 3 rings (SSSR count). The zero-order valence-electron chi connectivity index (χ0n) is 14.9. The number of nitrogens with zero attached hydrogens (tertiary/aromatic N) is 3. The molecule has 1 aliphatic heterocycles. The Kier molecular flexibility index (Phi) is 5.74. The van der Waals surface area contributed by atoms with Gasteiger partial charge >= 0.3 is 0 Å². The lowest BCUT2D eigenvalue weighted by atomic mass is 10.2. The largest absolute Gasteiger partial charge is 0.369 e. The fourth-order valence-electron chi connectivity index (χ4n) is 3.38. The number of hydrogen-bond donors (Lipinski definition) is 1. The standard InChI is InChI=1S/C19H30N4O/c1-16(14-20-19(24)15-21(2)17-8-9-17)22-10-12-23(13-11-22)18-6-4-3-5-7-18/h3-7,16-17H,8-15H2,1-2H3,(H,20,24). The monoisotopic (exact) mass is 330 g/mol. The van der Waals surface area contributed by atoms with E-state index in [0.717, 1.165) is 32.7 Å². The van der Waals surface area contributed by atoms with Crippen LogP contribution >= 0.6 is 0 Å². The van der Waals surface area contributed by atoms with Crippen molar-refractivity contribution < 1.29 is 4.79 Å². The summed E-state index contributed by atoms with van der Waals surface area (Å²) in [4.78, 5) is 19.1. The fourth-order valence-corrected chi connectivity index (χ4v) is 3.38. The molecule has 0 aromatic heterocycles. The van der Waals surface area contributed by atoms with Crippen LogP contribution in [0.2, 0.25) is 0 Å². The van der Waals surface area contributed by atoms with Gasteiger partial charge in [-0.25, -0.2) is 0 Å². The molecule has 5 nitrogen and oxygen atoms in total. The molecule has 2 aliphatic rings. The number of carbonyl (C=O) groups is 1. The average Bonchev–Trinajstić information content (AvgIpc) is 3.46. The van der Waals surface area contributed by atoms with Gasteiger partial charge in [0.1, 0.15) is 0 Å². The highest BCUT2D eigenvalue weighted by atomic mass is 16.2. The van der Waals surface area contributed by atoms with Gasteiger partial charge in [0, 0.05) is 50.5 Å². The minimum atomic E-state index is 0.152. The molecule has 24 heavy (non-hydrogen) atoms. The highest BCUT2D eigenvalue weighted by molar-refractivity contribution is 5.78. The van der Waals surface area contributed by atoms with E-state index in [1.807, 2.05) is 7.05 Å². The van der Waals surface area contributed by atoms with E-state index in [-0.39, 0.29) is 5.91 Å². The minimum Gasteiger partial charge on any atom is -0.369 e. The normalized spacial score (nSPS) is 20.2. The molecular formula is C19H30N4O. The molecule has 1 amide bonds. The van der Waals surface area contributed by atoms with E-state index in [9.17, 15) is 4.79 Å². The molecule has 0 bridgehead atoms. The molecule has 132 valence electrons. The summed E-state index contributed by atoms with van der Waals surface area (Å²) in [5.41, 5.74) is 1.31. The van der Waals surface area contributed by atoms with Gasteiger partial charge in [0.15, 0.2) is 0 Å².